The van der Waals surface area contributed by atoms with Crippen LogP contribution in [0.3, 0.4) is 0 Å². The molecule has 0 atom stereocenters. The summed E-state index contributed by atoms with van der Waals surface area (Å²) in [6.45, 7) is 2.72. The van der Waals surface area contributed by atoms with Crippen LogP contribution in [0.5, 0.6) is 0 Å². The third-order valence-electron chi connectivity index (χ3n) is 3.46. The van der Waals surface area contributed by atoms with Gasteiger partial charge in [-0.25, -0.2) is 0 Å². The van der Waals surface area contributed by atoms with Gasteiger partial charge in [0.15, 0.2) is 0 Å². The minimum Gasteiger partial charge on any atom is -0.381 e. The van der Waals surface area contributed by atoms with Crippen molar-refractivity contribution in [3.8, 4) is 0 Å². The molecule has 1 aliphatic heterocycles. The van der Waals surface area contributed by atoms with E-state index in [-0.39, 0.29) is 0 Å². The Morgan fingerprint density at radius 2 is 1.94 bits per heavy atom. The predicted octanol–water partition coefficient (Wildman–Crippen LogP) is 2.24. The van der Waals surface area contributed by atoms with Crippen molar-refractivity contribution >= 4 is 11.6 Å². The minimum absolute atomic E-state index is 0.549. The maximum atomic E-state index is 6.09. The summed E-state index contributed by atoms with van der Waals surface area (Å²) < 4.78 is 7.47. The highest BCUT2D eigenvalue weighted by atomic mass is 35.5. The number of hydrogen-bond donors (Lipinski definition) is 0. The smallest absolute Gasteiger partial charge is 0.225 e. The van der Waals surface area contributed by atoms with Gasteiger partial charge in [-0.3, -0.25) is 0 Å². The molecule has 1 saturated carbocycles. The van der Waals surface area contributed by atoms with Crippen LogP contribution in [0.1, 0.15) is 37.4 Å². The normalized spacial score (nSPS) is 22.6. The van der Waals surface area contributed by atoms with E-state index in [0.717, 1.165) is 38.4 Å². The maximum absolute atomic E-state index is 6.09. The monoisotopic (exact) mass is 241 g/mol. The highest BCUT2D eigenvalue weighted by molar-refractivity contribution is 6.28. The van der Waals surface area contributed by atoms with Crippen molar-refractivity contribution in [2.75, 3.05) is 13.2 Å². The van der Waals surface area contributed by atoms with Gasteiger partial charge in [0.2, 0.25) is 5.28 Å². The fourth-order valence-electron chi connectivity index (χ4n) is 2.29. The van der Waals surface area contributed by atoms with Crippen LogP contribution in [0.2, 0.25) is 5.28 Å². The van der Waals surface area contributed by atoms with E-state index in [1.807, 2.05) is 0 Å². The van der Waals surface area contributed by atoms with Gasteiger partial charge in [-0.2, -0.15) is 0 Å². The molecule has 16 heavy (non-hydrogen) atoms. The summed E-state index contributed by atoms with van der Waals surface area (Å²) in [6.07, 6.45) is 4.73. The molecular formula is C11H16ClN3O. The molecule has 0 unspecified atom stereocenters. The summed E-state index contributed by atoms with van der Waals surface area (Å²) in [7, 11) is 0. The molecule has 1 aromatic rings. The minimum atomic E-state index is 0.549. The first-order valence-electron chi connectivity index (χ1n) is 6.01. The Hall–Kier alpha value is -0.610. The molecule has 88 valence electrons. The van der Waals surface area contributed by atoms with Crippen LogP contribution < -0.4 is 0 Å². The highest BCUT2D eigenvalue weighted by Crippen LogP contribution is 2.40. The molecule has 0 N–H and O–H groups in total. The van der Waals surface area contributed by atoms with E-state index >= 15 is 0 Å². The molecule has 3 rings (SSSR count). The summed E-state index contributed by atoms with van der Waals surface area (Å²) in [4.78, 5) is 0. The first-order valence-corrected chi connectivity index (χ1v) is 6.38. The second kappa shape index (κ2) is 4.34. The average Bonchev–Trinajstić information content (AvgIpc) is 3.08. The van der Waals surface area contributed by atoms with Crippen LogP contribution in [-0.4, -0.2) is 28.0 Å². The standard InChI is InChI=1S/C11H16ClN3O/c12-11-14-13-10(9-1-2-9)15(11)7-8-3-5-16-6-4-8/h8-9H,1-7H2. The van der Waals surface area contributed by atoms with E-state index in [1.54, 1.807) is 0 Å². The number of aromatic nitrogens is 3. The molecular weight excluding hydrogens is 226 g/mol. The van der Waals surface area contributed by atoms with Crippen LogP contribution >= 0.6 is 11.6 Å². The summed E-state index contributed by atoms with van der Waals surface area (Å²) in [5, 5.41) is 8.73. The van der Waals surface area contributed by atoms with E-state index in [1.165, 1.54) is 12.8 Å². The molecule has 2 aliphatic rings. The van der Waals surface area contributed by atoms with Gasteiger partial charge in [-0.05, 0) is 43.2 Å². The number of ether oxygens (including phenoxy) is 1. The Balaban J connectivity index is 1.74. The molecule has 0 radical (unpaired) electrons. The third-order valence-corrected chi connectivity index (χ3v) is 3.74. The van der Waals surface area contributed by atoms with Gasteiger partial charge in [-0.1, -0.05) is 0 Å². The maximum Gasteiger partial charge on any atom is 0.225 e. The largest absolute Gasteiger partial charge is 0.381 e. The molecule has 0 bridgehead atoms. The van der Waals surface area contributed by atoms with Gasteiger partial charge >= 0.3 is 0 Å². The van der Waals surface area contributed by atoms with Gasteiger partial charge in [0.05, 0.1) is 0 Å². The molecule has 5 heteroatoms. The molecule has 2 heterocycles. The Morgan fingerprint density at radius 3 is 2.62 bits per heavy atom. The Morgan fingerprint density at radius 1 is 1.19 bits per heavy atom. The Bertz CT molecular complexity index is 369. The zero-order chi connectivity index (χ0) is 11.0. The SMILES string of the molecule is Clc1nnc(C2CC2)n1CC1CCOCC1. The molecule has 0 spiro atoms. The zero-order valence-electron chi connectivity index (χ0n) is 9.23. The van der Waals surface area contributed by atoms with Crippen molar-refractivity contribution in [3.63, 3.8) is 0 Å². The van der Waals surface area contributed by atoms with Crippen molar-refractivity contribution in [3.05, 3.63) is 11.1 Å². The quantitative estimate of drug-likeness (QED) is 0.815. The molecule has 1 aliphatic carbocycles. The fraction of sp³-hybridized carbons (Fsp3) is 0.818. The predicted molar refractivity (Wildman–Crippen MR) is 60.6 cm³/mol. The second-order valence-electron chi connectivity index (χ2n) is 4.77. The summed E-state index contributed by atoms with van der Waals surface area (Å²) in [5.74, 6) is 2.37. The van der Waals surface area contributed by atoms with Crippen molar-refractivity contribution in [2.24, 2.45) is 5.92 Å². The van der Waals surface area contributed by atoms with Crippen molar-refractivity contribution in [1.29, 1.82) is 0 Å². The van der Waals surface area contributed by atoms with Gasteiger partial charge in [0, 0.05) is 25.7 Å². The Labute approximate surface area is 99.9 Å². The molecule has 2 fully saturated rings. The van der Waals surface area contributed by atoms with E-state index in [2.05, 4.69) is 14.8 Å². The van der Waals surface area contributed by atoms with Crippen LogP contribution in [0.25, 0.3) is 0 Å². The lowest BCUT2D eigenvalue weighted by molar-refractivity contribution is 0.0610. The fourth-order valence-corrected chi connectivity index (χ4v) is 2.49. The van der Waals surface area contributed by atoms with Gasteiger partial charge in [0.1, 0.15) is 5.82 Å². The zero-order valence-corrected chi connectivity index (χ0v) is 9.99. The number of rotatable bonds is 3. The number of nitrogens with zero attached hydrogens (tertiary/aromatic N) is 3. The summed E-state index contributed by atoms with van der Waals surface area (Å²) in [5.41, 5.74) is 0. The molecule has 1 aromatic heterocycles. The number of hydrogen-bond acceptors (Lipinski definition) is 3. The Kier molecular flexibility index (Phi) is 2.86. The summed E-state index contributed by atoms with van der Waals surface area (Å²) in [6, 6.07) is 0. The number of halogens is 1. The molecule has 0 aromatic carbocycles. The first kappa shape index (κ1) is 10.5. The van der Waals surface area contributed by atoms with Gasteiger partial charge in [-0.15, -0.1) is 10.2 Å². The van der Waals surface area contributed by atoms with E-state index < -0.39 is 0 Å². The topological polar surface area (TPSA) is 39.9 Å². The molecule has 0 amide bonds. The van der Waals surface area contributed by atoms with Gasteiger partial charge < -0.3 is 9.30 Å². The van der Waals surface area contributed by atoms with Crippen LogP contribution in [0.15, 0.2) is 0 Å². The lowest BCUT2D eigenvalue weighted by Crippen LogP contribution is -2.21. The molecule has 1 saturated heterocycles. The van der Waals surface area contributed by atoms with Crippen molar-refractivity contribution < 1.29 is 4.74 Å². The summed E-state index contributed by atoms with van der Waals surface area (Å²) >= 11 is 6.09. The van der Waals surface area contributed by atoms with Crippen LogP contribution in [0, 0.1) is 5.92 Å². The van der Waals surface area contributed by atoms with Crippen LogP contribution in [-0.2, 0) is 11.3 Å². The van der Waals surface area contributed by atoms with E-state index in [4.69, 9.17) is 16.3 Å². The van der Waals surface area contributed by atoms with Crippen molar-refractivity contribution in [1.82, 2.24) is 14.8 Å². The van der Waals surface area contributed by atoms with Crippen LogP contribution in [0.4, 0.5) is 0 Å². The van der Waals surface area contributed by atoms with E-state index in [9.17, 15) is 0 Å². The average molecular weight is 242 g/mol. The lowest BCUT2D eigenvalue weighted by atomic mass is 10.0. The van der Waals surface area contributed by atoms with E-state index in [0.29, 0.717) is 17.1 Å². The lowest BCUT2D eigenvalue weighted by Gasteiger charge is -2.23. The third kappa shape index (κ3) is 2.09. The molecule has 4 nitrogen and oxygen atoms in total. The first-order chi connectivity index (χ1) is 7.84. The van der Waals surface area contributed by atoms with Crippen molar-refractivity contribution in [2.45, 2.75) is 38.1 Å². The second-order valence-corrected chi connectivity index (χ2v) is 5.11. The highest BCUT2D eigenvalue weighted by Gasteiger charge is 2.30. The van der Waals surface area contributed by atoms with Gasteiger partial charge in [0.25, 0.3) is 0 Å².